The molecule has 1 aromatic heterocycles. The van der Waals surface area contributed by atoms with E-state index in [2.05, 4.69) is 10.2 Å². The summed E-state index contributed by atoms with van der Waals surface area (Å²) in [6.45, 7) is 3.43. The minimum Gasteiger partial charge on any atom is -0.493 e. The molecule has 0 bridgehead atoms. The average Bonchev–Trinajstić information content (AvgIpc) is 3.07. The highest BCUT2D eigenvalue weighted by molar-refractivity contribution is 5.68. The molecule has 0 saturated carbocycles. The van der Waals surface area contributed by atoms with E-state index in [9.17, 15) is 18.0 Å². The van der Waals surface area contributed by atoms with Gasteiger partial charge in [-0.15, -0.1) is 0 Å². The maximum atomic E-state index is 12.7. The number of aliphatic carboxylic acids is 1. The Bertz CT molecular complexity index is 1060. The molecule has 0 fully saturated rings. The molecule has 0 aliphatic heterocycles. The molecule has 0 unspecified atom stereocenters. The van der Waals surface area contributed by atoms with E-state index in [1.54, 1.807) is 32.0 Å². The molecule has 3 aromatic rings. The smallest absolute Gasteiger partial charge is 0.416 e. The maximum Gasteiger partial charge on any atom is 0.416 e. The summed E-state index contributed by atoms with van der Waals surface area (Å²) in [5.74, 6) is -0.00234. The molecule has 0 amide bonds. The largest absolute Gasteiger partial charge is 0.493 e. The first kappa shape index (κ1) is 22.1. The van der Waals surface area contributed by atoms with Crippen LogP contribution in [-0.2, 0) is 17.4 Å². The Hall–Kier alpha value is -3.56. The second kappa shape index (κ2) is 9.07. The molecule has 10 heteroatoms. The van der Waals surface area contributed by atoms with Crippen LogP contribution in [0.5, 0.6) is 11.5 Å². The van der Waals surface area contributed by atoms with Crippen LogP contribution in [0.2, 0.25) is 0 Å². The quantitative estimate of drug-likeness (QED) is 0.576. The topological polar surface area (TPSA) is 86.5 Å². The molecule has 31 heavy (non-hydrogen) atoms. The van der Waals surface area contributed by atoms with Crippen molar-refractivity contribution in [3.05, 3.63) is 65.0 Å². The van der Waals surface area contributed by atoms with Crippen molar-refractivity contribution in [2.45, 2.75) is 26.4 Å². The number of nitrogens with zero attached hydrogens (tertiary/aromatic N) is 3. The molecular weight excluding hydrogens is 415 g/mol. The van der Waals surface area contributed by atoms with E-state index >= 15 is 0 Å². The SMILES string of the molecule is Cc1cc(OCCc2nn(-c3ccc(C(F)(F)F)cc3)nc2C)ccc1OCC(=O)O. The van der Waals surface area contributed by atoms with Gasteiger partial charge < -0.3 is 14.6 Å². The van der Waals surface area contributed by atoms with E-state index in [0.717, 1.165) is 17.7 Å². The summed E-state index contributed by atoms with van der Waals surface area (Å²) in [4.78, 5) is 11.9. The van der Waals surface area contributed by atoms with Crippen molar-refractivity contribution < 1.29 is 32.5 Å². The molecular formula is C21H20F3N3O4. The Kier molecular flexibility index (Phi) is 6.47. The average molecular weight is 435 g/mol. The summed E-state index contributed by atoms with van der Waals surface area (Å²) < 4.78 is 49.0. The first-order chi connectivity index (χ1) is 14.6. The van der Waals surface area contributed by atoms with Crippen LogP contribution in [0, 0.1) is 13.8 Å². The van der Waals surface area contributed by atoms with Crippen LogP contribution in [0.15, 0.2) is 42.5 Å². The number of carboxylic acids is 1. The minimum atomic E-state index is -4.40. The van der Waals surface area contributed by atoms with Crippen molar-refractivity contribution in [2.75, 3.05) is 13.2 Å². The van der Waals surface area contributed by atoms with Gasteiger partial charge in [0.1, 0.15) is 11.5 Å². The van der Waals surface area contributed by atoms with Crippen molar-refractivity contribution in [2.24, 2.45) is 0 Å². The van der Waals surface area contributed by atoms with E-state index in [1.807, 2.05) is 0 Å². The number of carbonyl (C=O) groups is 1. The van der Waals surface area contributed by atoms with Crippen LogP contribution in [0.4, 0.5) is 13.2 Å². The number of rotatable bonds is 8. The second-order valence-corrected chi connectivity index (χ2v) is 6.77. The van der Waals surface area contributed by atoms with Crippen molar-refractivity contribution in [3.8, 4) is 17.2 Å². The molecule has 0 aliphatic rings. The summed E-state index contributed by atoms with van der Waals surface area (Å²) >= 11 is 0. The van der Waals surface area contributed by atoms with Crippen LogP contribution in [0.3, 0.4) is 0 Å². The normalized spacial score (nSPS) is 11.4. The third-order valence-corrected chi connectivity index (χ3v) is 4.41. The van der Waals surface area contributed by atoms with Gasteiger partial charge in [0.25, 0.3) is 0 Å². The number of hydrogen-bond donors (Lipinski definition) is 1. The predicted octanol–water partition coefficient (Wildman–Crippen LogP) is 3.99. The Morgan fingerprint density at radius 3 is 2.39 bits per heavy atom. The molecule has 1 heterocycles. The third-order valence-electron chi connectivity index (χ3n) is 4.41. The number of carboxylic acid groups (broad SMARTS) is 1. The first-order valence-corrected chi connectivity index (χ1v) is 9.32. The zero-order valence-corrected chi connectivity index (χ0v) is 16.8. The van der Waals surface area contributed by atoms with Crippen molar-refractivity contribution in [1.82, 2.24) is 15.0 Å². The summed E-state index contributed by atoms with van der Waals surface area (Å²) in [5, 5.41) is 17.3. The van der Waals surface area contributed by atoms with Gasteiger partial charge in [-0.05, 0) is 61.9 Å². The lowest BCUT2D eigenvalue weighted by atomic mass is 10.2. The van der Waals surface area contributed by atoms with Crippen LogP contribution >= 0.6 is 0 Å². The van der Waals surface area contributed by atoms with Gasteiger partial charge in [0.05, 0.1) is 29.2 Å². The number of hydrogen-bond acceptors (Lipinski definition) is 5. The van der Waals surface area contributed by atoms with Crippen LogP contribution in [0.25, 0.3) is 5.69 Å². The Morgan fingerprint density at radius 2 is 1.77 bits per heavy atom. The first-order valence-electron chi connectivity index (χ1n) is 9.32. The molecule has 0 radical (unpaired) electrons. The third kappa shape index (κ3) is 5.74. The van der Waals surface area contributed by atoms with E-state index in [4.69, 9.17) is 14.6 Å². The van der Waals surface area contributed by atoms with Gasteiger partial charge in [0.15, 0.2) is 6.61 Å². The highest BCUT2D eigenvalue weighted by Gasteiger charge is 2.30. The fourth-order valence-corrected chi connectivity index (χ4v) is 2.82. The van der Waals surface area contributed by atoms with E-state index in [1.165, 1.54) is 16.9 Å². The number of alkyl halides is 3. The zero-order chi connectivity index (χ0) is 22.6. The Balaban J connectivity index is 1.60. The molecule has 0 aliphatic carbocycles. The van der Waals surface area contributed by atoms with Crippen LogP contribution in [-0.4, -0.2) is 39.3 Å². The Morgan fingerprint density at radius 1 is 1.06 bits per heavy atom. The predicted molar refractivity (Wildman–Crippen MR) is 105 cm³/mol. The Labute approximate surface area is 176 Å². The van der Waals surface area contributed by atoms with Crippen LogP contribution in [0.1, 0.15) is 22.5 Å². The molecule has 2 aromatic carbocycles. The van der Waals surface area contributed by atoms with E-state index in [-0.39, 0.29) is 0 Å². The fourth-order valence-electron chi connectivity index (χ4n) is 2.82. The number of aromatic nitrogens is 3. The minimum absolute atomic E-state index is 0.307. The number of halogens is 3. The van der Waals surface area contributed by atoms with Crippen molar-refractivity contribution in [3.63, 3.8) is 0 Å². The lowest BCUT2D eigenvalue weighted by Crippen LogP contribution is -2.10. The van der Waals surface area contributed by atoms with Crippen molar-refractivity contribution >= 4 is 5.97 Å². The van der Waals surface area contributed by atoms with Gasteiger partial charge in [0.2, 0.25) is 0 Å². The molecule has 3 rings (SSSR count). The van der Waals surface area contributed by atoms with Crippen LogP contribution < -0.4 is 9.47 Å². The highest BCUT2D eigenvalue weighted by Crippen LogP contribution is 2.29. The highest BCUT2D eigenvalue weighted by atomic mass is 19.4. The lowest BCUT2D eigenvalue weighted by molar-refractivity contribution is -0.139. The van der Waals surface area contributed by atoms with Gasteiger partial charge in [-0.2, -0.15) is 28.2 Å². The summed E-state index contributed by atoms with van der Waals surface area (Å²) in [6, 6.07) is 9.67. The number of aryl methyl sites for hydroxylation is 2. The number of ether oxygens (including phenoxy) is 2. The van der Waals surface area contributed by atoms with Gasteiger partial charge in [-0.25, -0.2) is 4.79 Å². The molecule has 0 spiro atoms. The maximum absolute atomic E-state index is 12.7. The standard InChI is InChI=1S/C21H20F3N3O4/c1-13-11-17(7-8-19(13)31-12-20(28)29)30-10-9-18-14(2)25-27(26-18)16-5-3-15(4-6-16)21(22,23)24/h3-8,11H,9-10,12H2,1-2H3,(H,28,29). The van der Waals surface area contributed by atoms with Gasteiger partial charge in [-0.1, -0.05) is 0 Å². The summed E-state index contributed by atoms with van der Waals surface area (Å²) in [7, 11) is 0. The second-order valence-electron chi connectivity index (χ2n) is 6.77. The summed E-state index contributed by atoms with van der Waals surface area (Å²) in [5.41, 5.74) is 1.75. The van der Waals surface area contributed by atoms with Gasteiger partial charge in [0, 0.05) is 6.42 Å². The molecule has 0 saturated heterocycles. The lowest BCUT2D eigenvalue weighted by Gasteiger charge is -2.10. The van der Waals surface area contributed by atoms with Gasteiger partial charge >= 0.3 is 12.1 Å². The monoisotopic (exact) mass is 435 g/mol. The van der Waals surface area contributed by atoms with Crippen molar-refractivity contribution in [1.29, 1.82) is 0 Å². The molecule has 1 N–H and O–H groups in total. The zero-order valence-electron chi connectivity index (χ0n) is 16.8. The molecule has 0 atom stereocenters. The summed E-state index contributed by atoms with van der Waals surface area (Å²) in [6.07, 6.45) is -3.95. The van der Waals surface area contributed by atoms with E-state index < -0.39 is 24.3 Å². The van der Waals surface area contributed by atoms with Gasteiger partial charge in [-0.3, -0.25) is 0 Å². The number of benzene rings is 2. The fraction of sp³-hybridized carbons (Fsp3) is 0.286. The molecule has 7 nitrogen and oxygen atoms in total. The van der Waals surface area contributed by atoms with E-state index in [0.29, 0.717) is 41.6 Å². The molecule has 164 valence electrons.